The Morgan fingerprint density at radius 3 is 2.33 bits per heavy atom. The Balaban J connectivity index is 1.31. The van der Waals surface area contributed by atoms with E-state index in [1.165, 1.54) is 18.3 Å². The van der Waals surface area contributed by atoms with E-state index in [2.05, 4.69) is 43.2 Å². The van der Waals surface area contributed by atoms with Crippen LogP contribution in [0.15, 0.2) is 102 Å². The van der Waals surface area contributed by atoms with Gasteiger partial charge < -0.3 is 19.5 Å². The first-order chi connectivity index (χ1) is 20.3. The molecule has 3 aromatic carbocycles. The lowest BCUT2D eigenvalue weighted by atomic mass is 10.1. The average molecular weight is 565 g/mol. The maximum Gasteiger partial charge on any atom is 0.339 e. The summed E-state index contributed by atoms with van der Waals surface area (Å²) in [4.78, 5) is 28.9. The summed E-state index contributed by atoms with van der Waals surface area (Å²) in [6.45, 7) is 6.92. The number of hydrogen-bond donors (Lipinski definition) is 1. The molecule has 0 saturated heterocycles. The number of pyridine rings is 1. The number of anilines is 1. The lowest BCUT2D eigenvalue weighted by Gasteiger charge is -2.10. The molecular weight excluding hydrogens is 528 g/mol. The molecule has 1 heterocycles. The van der Waals surface area contributed by atoms with Crippen LogP contribution in [0.5, 0.6) is 17.4 Å². The maximum atomic E-state index is 12.6. The summed E-state index contributed by atoms with van der Waals surface area (Å²) < 4.78 is 16.7. The van der Waals surface area contributed by atoms with Crippen LogP contribution in [0.3, 0.4) is 0 Å². The molecular formula is C35H36N2O5. The van der Waals surface area contributed by atoms with Crippen molar-refractivity contribution in [1.82, 2.24) is 4.98 Å². The zero-order valence-electron chi connectivity index (χ0n) is 24.5. The van der Waals surface area contributed by atoms with E-state index in [0.29, 0.717) is 35.1 Å². The summed E-state index contributed by atoms with van der Waals surface area (Å²) in [5.74, 6) is 1.11. The summed E-state index contributed by atoms with van der Waals surface area (Å²) >= 11 is 0. The number of methoxy groups -OCH3 is 1. The van der Waals surface area contributed by atoms with E-state index in [1.54, 1.807) is 42.6 Å². The minimum atomic E-state index is -0.513. The standard InChI is InChI=1S/C35H36N2O5/c1-24(2)8-7-9-25(3)18-19-41-29-15-13-28-22-30(16-14-27(28)21-29)42-34-17-12-26(23-36-34)20-33(38)37-32-11-6-5-10-31(32)35(39)40-4/h5-6,8,10-18,21-23H,7,9,19-20H2,1-4H3,(H,37,38). The third-order valence-electron chi connectivity index (χ3n) is 6.55. The number of esters is 1. The number of nitrogens with zero attached hydrogens (tertiary/aromatic N) is 1. The monoisotopic (exact) mass is 564 g/mol. The van der Waals surface area contributed by atoms with Crippen LogP contribution in [0, 0.1) is 0 Å². The van der Waals surface area contributed by atoms with Crippen molar-refractivity contribution in [2.24, 2.45) is 0 Å². The molecule has 0 spiro atoms. The first kappa shape index (κ1) is 30.1. The molecule has 0 atom stereocenters. The van der Waals surface area contributed by atoms with Crippen molar-refractivity contribution < 1.29 is 23.8 Å². The number of aromatic nitrogens is 1. The van der Waals surface area contributed by atoms with E-state index in [-0.39, 0.29) is 12.3 Å². The van der Waals surface area contributed by atoms with Crippen LogP contribution in [-0.4, -0.2) is 30.6 Å². The molecule has 1 amide bonds. The van der Waals surface area contributed by atoms with E-state index in [4.69, 9.17) is 14.2 Å². The van der Waals surface area contributed by atoms with Crippen LogP contribution < -0.4 is 14.8 Å². The fraction of sp³-hybridized carbons (Fsp3) is 0.229. The van der Waals surface area contributed by atoms with E-state index in [9.17, 15) is 9.59 Å². The van der Waals surface area contributed by atoms with Gasteiger partial charge in [-0.15, -0.1) is 0 Å². The Morgan fingerprint density at radius 2 is 1.62 bits per heavy atom. The van der Waals surface area contributed by atoms with Crippen LogP contribution in [0.4, 0.5) is 5.69 Å². The van der Waals surface area contributed by atoms with Gasteiger partial charge in [0.05, 0.1) is 24.8 Å². The van der Waals surface area contributed by atoms with Crippen molar-refractivity contribution in [3.63, 3.8) is 0 Å². The lowest BCUT2D eigenvalue weighted by molar-refractivity contribution is -0.115. The molecule has 4 rings (SSSR count). The predicted molar refractivity (Wildman–Crippen MR) is 166 cm³/mol. The molecule has 0 aliphatic carbocycles. The highest BCUT2D eigenvalue weighted by Crippen LogP contribution is 2.28. The van der Waals surface area contributed by atoms with E-state index < -0.39 is 5.97 Å². The fourth-order valence-electron chi connectivity index (χ4n) is 4.28. The predicted octanol–water partition coefficient (Wildman–Crippen LogP) is 8.07. The van der Waals surface area contributed by atoms with Gasteiger partial charge in [0.2, 0.25) is 11.8 Å². The second-order valence-corrected chi connectivity index (χ2v) is 10.2. The van der Waals surface area contributed by atoms with Gasteiger partial charge in [-0.1, -0.05) is 47.6 Å². The number of rotatable bonds is 12. The Labute approximate surface area is 246 Å². The molecule has 1 N–H and O–H groups in total. The lowest BCUT2D eigenvalue weighted by Crippen LogP contribution is -2.17. The first-order valence-corrected chi connectivity index (χ1v) is 13.9. The third-order valence-corrected chi connectivity index (χ3v) is 6.55. The van der Waals surface area contributed by atoms with Crippen molar-refractivity contribution in [2.45, 2.75) is 40.0 Å². The zero-order chi connectivity index (χ0) is 29.9. The molecule has 0 unspecified atom stereocenters. The van der Waals surface area contributed by atoms with Gasteiger partial charge >= 0.3 is 5.97 Å². The normalized spacial score (nSPS) is 11.1. The summed E-state index contributed by atoms with van der Waals surface area (Å²) in [6, 6.07) is 22.0. The van der Waals surface area contributed by atoms with E-state index in [0.717, 1.165) is 29.4 Å². The van der Waals surface area contributed by atoms with Crippen molar-refractivity contribution in [3.05, 3.63) is 113 Å². The van der Waals surface area contributed by atoms with Gasteiger partial charge in [-0.2, -0.15) is 0 Å². The van der Waals surface area contributed by atoms with Gasteiger partial charge in [-0.05, 0) is 92.4 Å². The summed E-state index contributed by atoms with van der Waals surface area (Å²) in [6.07, 6.45) is 8.17. The summed E-state index contributed by atoms with van der Waals surface area (Å²) in [5.41, 5.74) is 4.07. The second-order valence-electron chi connectivity index (χ2n) is 10.2. The van der Waals surface area contributed by atoms with Crippen LogP contribution in [0.25, 0.3) is 10.8 Å². The number of allylic oxidation sites excluding steroid dienone is 3. The summed E-state index contributed by atoms with van der Waals surface area (Å²) in [7, 11) is 1.30. The maximum absolute atomic E-state index is 12.6. The smallest absolute Gasteiger partial charge is 0.339 e. The van der Waals surface area contributed by atoms with Gasteiger partial charge in [0.25, 0.3) is 0 Å². The Hall–Kier alpha value is -4.91. The molecule has 0 saturated carbocycles. The number of carbonyl (C=O) groups is 2. The van der Waals surface area contributed by atoms with Gasteiger partial charge in [0.1, 0.15) is 18.1 Å². The van der Waals surface area contributed by atoms with Crippen LogP contribution in [0.2, 0.25) is 0 Å². The largest absolute Gasteiger partial charge is 0.490 e. The number of amides is 1. The highest BCUT2D eigenvalue weighted by Gasteiger charge is 2.14. The SMILES string of the molecule is COC(=O)c1ccccc1NC(=O)Cc1ccc(Oc2ccc3cc(OCC=C(C)CCC=C(C)C)ccc3c2)nc1. The fourth-order valence-corrected chi connectivity index (χ4v) is 4.28. The van der Waals surface area contributed by atoms with Crippen molar-refractivity contribution in [3.8, 4) is 17.4 Å². The van der Waals surface area contributed by atoms with Crippen LogP contribution in [-0.2, 0) is 16.0 Å². The summed E-state index contributed by atoms with van der Waals surface area (Å²) in [5, 5.41) is 4.83. The molecule has 7 nitrogen and oxygen atoms in total. The minimum absolute atomic E-state index is 0.0917. The Kier molecular flexibility index (Phi) is 10.5. The van der Waals surface area contributed by atoms with Gasteiger partial charge in [-0.3, -0.25) is 4.79 Å². The number of fused-ring (bicyclic) bond motifs is 1. The van der Waals surface area contributed by atoms with Crippen molar-refractivity contribution in [1.29, 1.82) is 0 Å². The van der Waals surface area contributed by atoms with E-state index >= 15 is 0 Å². The van der Waals surface area contributed by atoms with Crippen LogP contribution >= 0.6 is 0 Å². The molecule has 1 aromatic heterocycles. The molecule has 0 radical (unpaired) electrons. The van der Waals surface area contributed by atoms with Gasteiger partial charge in [0.15, 0.2) is 0 Å². The van der Waals surface area contributed by atoms with Crippen molar-refractivity contribution >= 4 is 28.3 Å². The quantitative estimate of drug-likeness (QED) is 0.138. The number of hydrogen-bond acceptors (Lipinski definition) is 6. The molecule has 0 aliphatic rings. The minimum Gasteiger partial charge on any atom is -0.490 e. The third kappa shape index (κ3) is 8.80. The molecule has 0 fully saturated rings. The number of para-hydroxylation sites is 1. The molecule has 4 aromatic rings. The second kappa shape index (κ2) is 14.6. The number of nitrogens with one attached hydrogen (secondary N) is 1. The highest BCUT2D eigenvalue weighted by atomic mass is 16.5. The van der Waals surface area contributed by atoms with Gasteiger partial charge in [-0.25, -0.2) is 9.78 Å². The molecule has 42 heavy (non-hydrogen) atoms. The van der Waals surface area contributed by atoms with Gasteiger partial charge in [0, 0.05) is 12.3 Å². The first-order valence-electron chi connectivity index (χ1n) is 13.9. The topological polar surface area (TPSA) is 86.8 Å². The zero-order valence-corrected chi connectivity index (χ0v) is 24.5. The molecule has 0 bridgehead atoms. The number of benzene rings is 3. The molecule has 216 valence electrons. The molecule has 7 heteroatoms. The Bertz CT molecular complexity index is 1600. The Morgan fingerprint density at radius 1 is 0.881 bits per heavy atom. The highest BCUT2D eigenvalue weighted by molar-refractivity contribution is 6.01. The van der Waals surface area contributed by atoms with E-state index in [1.807, 2.05) is 36.4 Å². The number of ether oxygens (including phenoxy) is 3. The average Bonchev–Trinajstić information content (AvgIpc) is 2.98. The molecule has 0 aliphatic heterocycles. The number of carbonyl (C=O) groups excluding carboxylic acids is 2. The van der Waals surface area contributed by atoms with Crippen molar-refractivity contribution in [2.75, 3.05) is 19.0 Å². The van der Waals surface area contributed by atoms with Crippen LogP contribution in [0.1, 0.15) is 49.5 Å².